The molecule has 8 heteroatoms. The van der Waals surface area contributed by atoms with E-state index in [0.29, 0.717) is 35.5 Å². The Morgan fingerprint density at radius 1 is 0.808 bits per heavy atom. The lowest BCUT2D eigenvalue weighted by Crippen LogP contribution is -3.12. The standard InChI is InChI=1S/C18H16N4O2S2/c1-5-13(25-3-19-5)21-15(23)17-7-10-8(17)12-9(17)11(7)18(10,12)16(24)22-14-6(2)20-4-26-14/h3-4,7-12H,1-2H3,(H,21,23)(H,22,24). The summed E-state index contributed by atoms with van der Waals surface area (Å²) in [4.78, 5) is 34.4. The molecule has 132 valence electrons. The van der Waals surface area contributed by atoms with Crippen molar-refractivity contribution in [3.8, 4) is 0 Å². The van der Waals surface area contributed by atoms with Gasteiger partial charge < -0.3 is 10.6 Å². The number of rotatable bonds is 4. The predicted molar refractivity (Wildman–Crippen MR) is 96.8 cm³/mol. The number of hydrogen-bond acceptors (Lipinski definition) is 6. The Morgan fingerprint density at radius 2 is 1.15 bits per heavy atom. The summed E-state index contributed by atoms with van der Waals surface area (Å²) in [5.74, 6) is 2.97. The number of nitrogens with one attached hydrogen (secondary N) is 2. The summed E-state index contributed by atoms with van der Waals surface area (Å²) in [5, 5.41) is 7.99. The molecule has 6 aliphatic carbocycles. The first-order valence-electron chi connectivity index (χ1n) is 8.98. The molecule has 0 atom stereocenters. The van der Waals surface area contributed by atoms with Crippen LogP contribution in [0.3, 0.4) is 0 Å². The lowest BCUT2D eigenvalue weighted by molar-refractivity contribution is -0.622. The molecule has 2 heterocycles. The van der Waals surface area contributed by atoms with Gasteiger partial charge in [-0.05, 0) is 49.4 Å². The van der Waals surface area contributed by atoms with Crippen molar-refractivity contribution in [2.24, 2.45) is 46.3 Å². The number of amides is 2. The van der Waals surface area contributed by atoms with Gasteiger partial charge in [-0.3, -0.25) is 9.59 Å². The number of carbonyl (C=O) groups excluding carboxylic acids is 2. The zero-order valence-corrected chi connectivity index (χ0v) is 15.8. The Kier molecular flexibility index (Phi) is 2.14. The summed E-state index contributed by atoms with van der Waals surface area (Å²) in [5.41, 5.74) is 5.00. The maximum Gasteiger partial charge on any atom is 0.232 e. The summed E-state index contributed by atoms with van der Waals surface area (Å²) in [6.45, 7) is 3.85. The molecule has 0 aliphatic heterocycles. The van der Waals surface area contributed by atoms with E-state index in [4.69, 9.17) is 0 Å². The summed E-state index contributed by atoms with van der Waals surface area (Å²) < 4.78 is 0. The minimum atomic E-state index is -0.154. The SMILES string of the molecule is Cc1ncsc1NC(=O)C12C3C4C1C1C2C3C41C(=O)Nc1scnc1C. The maximum absolute atomic E-state index is 13.0. The Bertz CT molecular complexity index is 904. The molecule has 6 fully saturated rings. The van der Waals surface area contributed by atoms with Crippen molar-refractivity contribution in [3.63, 3.8) is 0 Å². The van der Waals surface area contributed by atoms with E-state index in [9.17, 15) is 9.59 Å². The Labute approximate surface area is 157 Å². The molecule has 0 radical (unpaired) electrons. The smallest absolute Gasteiger partial charge is 0.232 e. The Hall–Kier alpha value is -1.80. The summed E-state index contributed by atoms with van der Waals surface area (Å²) in [7, 11) is 0. The molecule has 0 unspecified atom stereocenters. The second-order valence-electron chi connectivity index (χ2n) is 8.46. The zero-order chi connectivity index (χ0) is 17.6. The molecular weight excluding hydrogens is 368 g/mol. The number of anilines is 2. The van der Waals surface area contributed by atoms with Gasteiger partial charge in [-0.15, -0.1) is 22.7 Å². The fourth-order valence-corrected chi connectivity index (χ4v) is 9.08. The van der Waals surface area contributed by atoms with Crippen molar-refractivity contribution in [1.29, 1.82) is 0 Å². The topological polar surface area (TPSA) is 84.0 Å². The molecule has 2 aromatic heterocycles. The van der Waals surface area contributed by atoms with Crippen LogP contribution < -0.4 is 10.6 Å². The molecule has 6 nitrogen and oxygen atoms in total. The quantitative estimate of drug-likeness (QED) is 0.848. The lowest BCUT2D eigenvalue weighted by atomic mass is 8.92. The van der Waals surface area contributed by atoms with E-state index in [2.05, 4.69) is 20.6 Å². The number of hydrogen-bond donors (Lipinski definition) is 2. The van der Waals surface area contributed by atoms with E-state index in [0.717, 1.165) is 21.4 Å². The molecule has 0 spiro atoms. The predicted octanol–water partition coefficient (Wildman–Crippen LogP) is 2.53. The first-order chi connectivity index (χ1) is 12.6. The van der Waals surface area contributed by atoms with Crippen LogP contribution in [0.15, 0.2) is 11.0 Å². The van der Waals surface area contributed by atoms with Crippen molar-refractivity contribution < 1.29 is 9.59 Å². The highest BCUT2D eigenvalue weighted by Crippen LogP contribution is 3.10. The molecule has 8 rings (SSSR count). The van der Waals surface area contributed by atoms with E-state index < -0.39 is 0 Å². The molecule has 2 aromatic rings. The van der Waals surface area contributed by atoms with Crippen LogP contribution in [0, 0.1) is 60.2 Å². The van der Waals surface area contributed by atoms with Gasteiger partial charge in [-0.1, -0.05) is 0 Å². The molecule has 26 heavy (non-hydrogen) atoms. The van der Waals surface area contributed by atoms with Gasteiger partial charge in [-0.25, -0.2) is 9.97 Å². The first-order valence-corrected chi connectivity index (χ1v) is 10.7. The highest BCUT2D eigenvalue weighted by Gasteiger charge is 3.12. The number of carbonyl (C=O) groups is 2. The van der Waals surface area contributed by atoms with Crippen LogP contribution in [0.4, 0.5) is 10.0 Å². The highest BCUT2D eigenvalue weighted by atomic mass is 32.1. The van der Waals surface area contributed by atoms with E-state index in [1.54, 1.807) is 11.0 Å². The minimum Gasteiger partial charge on any atom is -0.316 e. The average Bonchev–Trinajstić information content (AvgIpc) is 3.23. The van der Waals surface area contributed by atoms with Gasteiger partial charge in [0, 0.05) is 0 Å². The first kappa shape index (κ1) is 14.3. The van der Waals surface area contributed by atoms with Crippen molar-refractivity contribution in [2.45, 2.75) is 13.8 Å². The van der Waals surface area contributed by atoms with Crippen molar-refractivity contribution >= 4 is 44.5 Å². The normalized spacial score (nSPS) is 46.7. The monoisotopic (exact) mass is 384 g/mol. The van der Waals surface area contributed by atoms with Crippen LogP contribution in [0.1, 0.15) is 11.4 Å². The van der Waals surface area contributed by atoms with Crippen molar-refractivity contribution in [1.82, 2.24) is 9.97 Å². The van der Waals surface area contributed by atoms with Crippen LogP contribution in [-0.2, 0) is 9.59 Å². The van der Waals surface area contributed by atoms with Gasteiger partial charge in [0.2, 0.25) is 11.8 Å². The fraction of sp³-hybridized carbons (Fsp3) is 0.556. The van der Waals surface area contributed by atoms with Crippen LogP contribution in [0.2, 0.25) is 0 Å². The molecule has 2 N–H and O–H groups in total. The molecule has 6 aliphatic rings. The summed E-state index contributed by atoms with van der Waals surface area (Å²) in [6, 6.07) is 0. The Morgan fingerprint density at radius 3 is 1.42 bits per heavy atom. The molecule has 0 aromatic carbocycles. The third kappa shape index (κ3) is 1.03. The van der Waals surface area contributed by atoms with Gasteiger partial charge in [0.15, 0.2) is 0 Å². The second kappa shape index (κ2) is 3.89. The summed E-state index contributed by atoms with van der Waals surface area (Å²) in [6.07, 6.45) is 0. The number of thiazole rings is 2. The molecule has 6 saturated carbocycles. The van der Waals surface area contributed by atoms with Crippen LogP contribution >= 0.6 is 22.7 Å². The van der Waals surface area contributed by atoms with Crippen LogP contribution in [0.5, 0.6) is 0 Å². The van der Waals surface area contributed by atoms with Gasteiger partial charge in [-0.2, -0.15) is 0 Å². The van der Waals surface area contributed by atoms with Crippen LogP contribution in [0.25, 0.3) is 0 Å². The van der Waals surface area contributed by atoms with Crippen molar-refractivity contribution in [3.05, 3.63) is 22.4 Å². The average molecular weight is 384 g/mol. The highest BCUT2D eigenvalue weighted by molar-refractivity contribution is 7.14. The third-order valence-electron chi connectivity index (χ3n) is 8.36. The molecule has 2 amide bonds. The van der Waals surface area contributed by atoms with Gasteiger partial charge in [0.05, 0.1) is 33.2 Å². The number of nitrogens with zero attached hydrogens (tertiary/aromatic N) is 2. The van der Waals surface area contributed by atoms with Crippen LogP contribution in [-0.4, -0.2) is 21.8 Å². The second-order valence-corrected chi connectivity index (χ2v) is 10.2. The lowest BCUT2D eigenvalue weighted by Gasteiger charge is -3.09. The largest absolute Gasteiger partial charge is 0.316 e. The maximum atomic E-state index is 13.0. The molecule has 0 saturated heterocycles. The zero-order valence-electron chi connectivity index (χ0n) is 14.1. The van der Waals surface area contributed by atoms with Gasteiger partial charge in [0.1, 0.15) is 10.0 Å². The number of aryl methyl sites for hydroxylation is 2. The van der Waals surface area contributed by atoms with E-state index in [1.165, 1.54) is 22.7 Å². The third-order valence-corrected chi connectivity index (χ3v) is 10.1. The number of aromatic nitrogens is 2. The fourth-order valence-electron chi connectivity index (χ4n) is 7.70. The van der Waals surface area contributed by atoms with E-state index in [-0.39, 0.29) is 22.6 Å². The Balaban J connectivity index is 1.12. The summed E-state index contributed by atoms with van der Waals surface area (Å²) >= 11 is 2.97. The molecular formula is C18H16N4O2S2. The minimum absolute atomic E-state index is 0.154. The van der Waals surface area contributed by atoms with Gasteiger partial charge >= 0.3 is 0 Å². The van der Waals surface area contributed by atoms with Gasteiger partial charge in [0.25, 0.3) is 0 Å². The van der Waals surface area contributed by atoms with E-state index in [1.807, 2.05) is 13.8 Å². The van der Waals surface area contributed by atoms with E-state index >= 15 is 0 Å². The molecule has 0 bridgehead atoms. The van der Waals surface area contributed by atoms with Crippen molar-refractivity contribution in [2.75, 3.05) is 10.6 Å².